The SMILES string of the molecule is CN(C)c1ncc2c(n1)C1(CCCN(C(=O)c3cccc4c3OCCO4)C1)CC2. The summed E-state index contributed by atoms with van der Waals surface area (Å²) >= 11 is 0. The Labute approximate surface area is 170 Å². The van der Waals surface area contributed by atoms with E-state index in [-0.39, 0.29) is 11.3 Å². The van der Waals surface area contributed by atoms with Crippen LogP contribution in [0.15, 0.2) is 24.4 Å². The number of benzene rings is 1. The predicted molar refractivity (Wildman–Crippen MR) is 109 cm³/mol. The number of ether oxygens (including phenoxy) is 2. The number of para-hydroxylation sites is 1. The molecule has 1 saturated heterocycles. The van der Waals surface area contributed by atoms with Crippen LogP contribution < -0.4 is 14.4 Å². The molecule has 1 aromatic carbocycles. The van der Waals surface area contributed by atoms with Gasteiger partial charge in [0, 0.05) is 38.8 Å². The molecule has 1 spiro atoms. The van der Waals surface area contributed by atoms with E-state index in [1.165, 1.54) is 5.56 Å². The van der Waals surface area contributed by atoms with E-state index in [1.807, 2.05) is 48.3 Å². The van der Waals surface area contributed by atoms with Gasteiger partial charge in [0.15, 0.2) is 11.5 Å². The highest BCUT2D eigenvalue weighted by Gasteiger charge is 2.45. The highest BCUT2D eigenvalue weighted by molar-refractivity contribution is 5.98. The second-order valence-electron chi connectivity index (χ2n) is 8.38. The number of rotatable bonds is 2. The molecule has 3 aliphatic rings. The van der Waals surface area contributed by atoms with Crippen LogP contribution in [0, 0.1) is 0 Å². The molecule has 1 amide bonds. The fourth-order valence-electron chi connectivity index (χ4n) is 4.86. The van der Waals surface area contributed by atoms with E-state index in [0.717, 1.165) is 43.9 Å². The number of hydrogen-bond acceptors (Lipinski definition) is 6. The van der Waals surface area contributed by atoms with Crippen LogP contribution in [0.2, 0.25) is 0 Å². The summed E-state index contributed by atoms with van der Waals surface area (Å²) in [6, 6.07) is 5.56. The lowest BCUT2D eigenvalue weighted by atomic mass is 9.77. The fourth-order valence-corrected chi connectivity index (χ4v) is 4.86. The lowest BCUT2D eigenvalue weighted by Gasteiger charge is -2.41. The van der Waals surface area contributed by atoms with Crippen LogP contribution in [-0.2, 0) is 11.8 Å². The van der Waals surface area contributed by atoms with Gasteiger partial charge in [0.2, 0.25) is 5.95 Å². The second kappa shape index (κ2) is 6.90. The van der Waals surface area contributed by atoms with Crippen LogP contribution in [0.3, 0.4) is 0 Å². The first kappa shape index (κ1) is 18.2. The van der Waals surface area contributed by atoms with Gasteiger partial charge in [-0.3, -0.25) is 4.79 Å². The number of carbonyl (C=O) groups is 1. The standard InChI is InChI=1S/C22H26N4O3/c1-25(2)21-23-13-15-7-9-22(19(15)24-21)8-4-10-26(14-22)20(27)16-5-3-6-17-18(16)29-12-11-28-17/h3,5-6,13H,4,7-12,14H2,1-2H3. The molecule has 5 rings (SSSR count). The van der Waals surface area contributed by atoms with Crippen LogP contribution in [0.25, 0.3) is 0 Å². The highest BCUT2D eigenvalue weighted by atomic mass is 16.6. The monoisotopic (exact) mass is 394 g/mol. The van der Waals surface area contributed by atoms with Crippen molar-refractivity contribution >= 4 is 11.9 Å². The van der Waals surface area contributed by atoms with Crippen molar-refractivity contribution in [1.82, 2.24) is 14.9 Å². The van der Waals surface area contributed by atoms with Crippen LogP contribution >= 0.6 is 0 Å². The first-order chi connectivity index (χ1) is 14.1. The van der Waals surface area contributed by atoms with Crippen molar-refractivity contribution in [2.75, 3.05) is 45.3 Å². The number of carbonyl (C=O) groups excluding carboxylic acids is 1. The third-order valence-electron chi connectivity index (χ3n) is 6.29. The first-order valence-electron chi connectivity index (χ1n) is 10.3. The van der Waals surface area contributed by atoms with E-state index >= 15 is 0 Å². The Bertz CT molecular complexity index is 957. The first-order valence-corrected chi connectivity index (χ1v) is 10.3. The molecule has 0 radical (unpaired) electrons. The van der Waals surface area contributed by atoms with Crippen molar-refractivity contribution in [2.45, 2.75) is 31.1 Å². The van der Waals surface area contributed by atoms with Gasteiger partial charge in [0.25, 0.3) is 5.91 Å². The summed E-state index contributed by atoms with van der Waals surface area (Å²) in [7, 11) is 3.92. The fraction of sp³-hybridized carbons (Fsp3) is 0.500. The molecule has 2 aliphatic heterocycles. The van der Waals surface area contributed by atoms with Crippen molar-refractivity contribution in [3.8, 4) is 11.5 Å². The molecule has 0 bridgehead atoms. The molecule has 0 saturated carbocycles. The Kier molecular flexibility index (Phi) is 4.33. The van der Waals surface area contributed by atoms with E-state index in [9.17, 15) is 4.79 Å². The van der Waals surface area contributed by atoms with Crippen LogP contribution in [0.5, 0.6) is 11.5 Å². The summed E-state index contributed by atoms with van der Waals surface area (Å²) in [5.41, 5.74) is 2.86. The molecule has 152 valence electrons. The molecule has 1 atom stereocenters. The zero-order valence-electron chi connectivity index (χ0n) is 17.0. The molecule has 1 aliphatic carbocycles. The lowest BCUT2D eigenvalue weighted by molar-refractivity contribution is 0.0624. The maximum Gasteiger partial charge on any atom is 0.257 e. The molecule has 7 nitrogen and oxygen atoms in total. The van der Waals surface area contributed by atoms with Gasteiger partial charge in [0.05, 0.1) is 11.3 Å². The normalized spacial score (nSPS) is 22.5. The number of aryl methyl sites for hydroxylation is 1. The Morgan fingerprint density at radius 2 is 2.07 bits per heavy atom. The number of piperidine rings is 1. The number of amides is 1. The topological polar surface area (TPSA) is 67.8 Å². The Morgan fingerprint density at radius 1 is 1.21 bits per heavy atom. The van der Waals surface area contributed by atoms with Crippen LogP contribution in [0.1, 0.15) is 40.9 Å². The van der Waals surface area contributed by atoms with E-state index in [4.69, 9.17) is 14.5 Å². The number of anilines is 1. The smallest absolute Gasteiger partial charge is 0.257 e. The Morgan fingerprint density at radius 3 is 2.93 bits per heavy atom. The largest absolute Gasteiger partial charge is 0.486 e. The van der Waals surface area contributed by atoms with E-state index in [2.05, 4.69) is 4.98 Å². The van der Waals surface area contributed by atoms with E-state index in [0.29, 0.717) is 36.8 Å². The van der Waals surface area contributed by atoms with Crippen molar-refractivity contribution < 1.29 is 14.3 Å². The summed E-state index contributed by atoms with van der Waals surface area (Å²) < 4.78 is 11.4. The number of aromatic nitrogens is 2. The molecule has 1 fully saturated rings. The number of hydrogen-bond donors (Lipinski definition) is 0. The summed E-state index contributed by atoms with van der Waals surface area (Å²) in [6.45, 7) is 2.43. The zero-order chi connectivity index (χ0) is 20.0. The van der Waals surface area contributed by atoms with Crippen LogP contribution in [-0.4, -0.2) is 61.2 Å². The third kappa shape index (κ3) is 2.99. The molecule has 0 N–H and O–H groups in total. The number of nitrogens with zero attached hydrogens (tertiary/aromatic N) is 4. The third-order valence-corrected chi connectivity index (χ3v) is 6.29. The predicted octanol–water partition coefficient (Wildman–Crippen LogP) is 2.43. The minimum absolute atomic E-state index is 0.0155. The average molecular weight is 394 g/mol. The van der Waals surface area contributed by atoms with Gasteiger partial charge in [-0.2, -0.15) is 0 Å². The Hall–Kier alpha value is -2.83. The second-order valence-corrected chi connectivity index (χ2v) is 8.38. The van der Waals surface area contributed by atoms with Crippen molar-refractivity contribution in [3.63, 3.8) is 0 Å². The summed E-state index contributed by atoms with van der Waals surface area (Å²) in [5, 5.41) is 0. The van der Waals surface area contributed by atoms with Crippen LogP contribution in [0.4, 0.5) is 5.95 Å². The van der Waals surface area contributed by atoms with Gasteiger partial charge in [-0.25, -0.2) is 9.97 Å². The number of likely N-dealkylation sites (tertiary alicyclic amines) is 1. The summed E-state index contributed by atoms with van der Waals surface area (Å²) in [6.07, 6.45) is 5.98. The summed E-state index contributed by atoms with van der Waals surface area (Å²) in [5.74, 6) is 1.98. The molecule has 1 aromatic heterocycles. The van der Waals surface area contributed by atoms with Crippen molar-refractivity contribution in [2.24, 2.45) is 0 Å². The van der Waals surface area contributed by atoms with Gasteiger partial charge >= 0.3 is 0 Å². The maximum absolute atomic E-state index is 13.4. The van der Waals surface area contributed by atoms with Gasteiger partial charge in [0.1, 0.15) is 13.2 Å². The van der Waals surface area contributed by atoms with Crippen molar-refractivity contribution in [3.05, 3.63) is 41.2 Å². The molecule has 29 heavy (non-hydrogen) atoms. The van der Waals surface area contributed by atoms with Gasteiger partial charge in [-0.05, 0) is 43.4 Å². The zero-order valence-corrected chi connectivity index (χ0v) is 17.0. The average Bonchev–Trinajstić information content (AvgIpc) is 3.10. The van der Waals surface area contributed by atoms with Gasteiger partial charge in [-0.15, -0.1) is 0 Å². The number of fused-ring (bicyclic) bond motifs is 3. The minimum atomic E-state index is -0.0802. The molecule has 7 heteroatoms. The van der Waals surface area contributed by atoms with E-state index < -0.39 is 0 Å². The molecule has 2 aromatic rings. The Balaban J connectivity index is 1.46. The molecule has 3 heterocycles. The lowest BCUT2D eigenvalue weighted by Crippen LogP contribution is -2.48. The highest BCUT2D eigenvalue weighted by Crippen LogP contribution is 2.45. The quantitative estimate of drug-likeness (QED) is 0.779. The van der Waals surface area contributed by atoms with Crippen molar-refractivity contribution in [1.29, 1.82) is 0 Å². The maximum atomic E-state index is 13.4. The van der Waals surface area contributed by atoms with Gasteiger partial charge < -0.3 is 19.3 Å². The minimum Gasteiger partial charge on any atom is -0.486 e. The molecular formula is C22H26N4O3. The molecule has 1 unspecified atom stereocenters. The van der Waals surface area contributed by atoms with E-state index in [1.54, 1.807) is 0 Å². The molecular weight excluding hydrogens is 368 g/mol. The summed E-state index contributed by atoms with van der Waals surface area (Å²) in [4.78, 5) is 26.7. The van der Waals surface area contributed by atoms with Gasteiger partial charge in [-0.1, -0.05) is 6.07 Å².